The van der Waals surface area contributed by atoms with Crippen molar-refractivity contribution >= 4 is 23.5 Å². The third-order valence-corrected chi connectivity index (χ3v) is 4.70. The van der Waals surface area contributed by atoms with E-state index in [1.165, 1.54) is 13.0 Å². The van der Waals surface area contributed by atoms with Gasteiger partial charge in [-0.05, 0) is 31.0 Å². The maximum Gasteiger partial charge on any atom is 0.422 e. The average Bonchev–Trinajstić information content (AvgIpc) is 2.72. The summed E-state index contributed by atoms with van der Waals surface area (Å²) in [5, 5.41) is 5.50. The number of nitrogens with zero attached hydrogens (tertiary/aromatic N) is 4. The SMILES string of the molecule is CC(=O)N1CCC(Nc2nc(Nc3cccc(C(F)(F)F)c3)nc(OCC(F)(F)F)n2)CC1. The van der Waals surface area contributed by atoms with Gasteiger partial charge in [0.15, 0.2) is 6.61 Å². The molecule has 8 nitrogen and oxygen atoms in total. The number of likely N-dealkylation sites (tertiary alicyclic amines) is 1. The van der Waals surface area contributed by atoms with Crippen molar-refractivity contribution in [2.75, 3.05) is 30.3 Å². The molecule has 1 aromatic carbocycles. The number of rotatable bonds is 6. The van der Waals surface area contributed by atoms with Crippen LogP contribution in [0.25, 0.3) is 0 Å². The summed E-state index contributed by atoms with van der Waals surface area (Å²) in [6.45, 7) is 0.752. The van der Waals surface area contributed by atoms with Crippen molar-refractivity contribution < 1.29 is 35.9 Å². The van der Waals surface area contributed by atoms with E-state index in [-0.39, 0.29) is 29.5 Å². The summed E-state index contributed by atoms with van der Waals surface area (Å²) in [6.07, 6.45) is -8.14. The molecular weight excluding hydrogens is 458 g/mol. The summed E-state index contributed by atoms with van der Waals surface area (Å²) in [5.74, 6) is -0.480. The van der Waals surface area contributed by atoms with Crippen LogP contribution in [0.15, 0.2) is 24.3 Å². The molecule has 1 aromatic heterocycles. The molecular formula is C19H20F6N6O2. The highest BCUT2D eigenvalue weighted by atomic mass is 19.4. The summed E-state index contributed by atoms with van der Waals surface area (Å²) < 4.78 is 81.1. The van der Waals surface area contributed by atoms with Crippen LogP contribution in [-0.4, -0.2) is 57.7 Å². The fourth-order valence-electron chi connectivity index (χ4n) is 3.11. The maximum atomic E-state index is 13.0. The van der Waals surface area contributed by atoms with Crippen LogP contribution in [0.2, 0.25) is 0 Å². The second-order valence-electron chi connectivity index (χ2n) is 7.30. The van der Waals surface area contributed by atoms with E-state index in [1.807, 2.05) is 0 Å². The number of halogens is 6. The van der Waals surface area contributed by atoms with Crippen LogP contribution in [-0.2, 0) is 11.0 Å². The summed E-state index contributed by atoms with van der Waals surface area (Å²) >= 11 is 0. The number of alkyl halides is 6. The number of ether oxygens (including phenoxy) is 1. The Morgan fingerprint density at radius 1 is 1.09 bits per heavy atom. The molecule has 14 heteroatoms. The second-order valence-corrected chi connectivity index (χ2v) is 7.30. The minimum Gasteiger partial charge on any atom is -0.454 e. The molecule has 1 saturated heterocycles. The molecule has 33 heavy (non-hydrogen) atoms. The van der Waals surface area contributed by atoms with Gasteiger partial charge in [-0.25, -0.2) is 0 Å². The molecule has 0 atom stereocenters. The number of hydrogen-bond donors (Lipinski definition) is 2. The Morgan fingerprint density at radius 2 is 1.76 bits per heavy atom. The van der Waals surface area contributed by atoms with E-state index >= 15 is 0 Å². The van der Waals surface area contributed by atoms with Crippen LogP contribution >= 0.6 is 0 Å². The standard InChI is InChI=1S/C19H20F6N6O2/c1-11(32)31-7-5-13(6-8-31)26-15-28-16(30-17(29-15)33-10-18(20,21)22)27-14-4-2-3-12(9-14)19(23,24)25/h2-4,9,13H,5-8,10H2,1H3,(H2,26,27,28,29,30). The summed E-state index contributed by atoms with van der Waals surface area (Å²) in [5.41, 5.74) is -0.954. The molecule has 0 saturated carbocycles. The van der Waals surface area contributed by atoms with Crippen molar-refractivity contribution in [2.24, 2.45) is 0 Å². The number of nitrogens with one attached hydrogen (secondary N) is 2. The van der Waals surface area contributed by atoms with Crippen LogP contribution < -0.4 is 15.4 Å². The molecule has 0 spiro atoms. The van der Waals surface area contributed by atoms with Gasteiger partial charge in [-0.3, -0.25) is 4.79 Å². The van der Waals surface area contributed by atoms with Gasteiger partial charge in [0.25, 0.3) is 0 Å². The number of piperidine rings is 1. The molecule has 180 valence electrons. The van der Waals surface area contributed by atoms with Gasteiger partial charge in [-0.15, -0.1) is 0 Å². The first kappa shape index (κ1) is 24.3. The molecule has 1 aliphatic rings. The van der Waals surface area contributed by atoms with Gasteiger partial charge in [0, 0.05) is 31.7 Å². The van der Waals surface area contributed by atoms with Gasteiger partial charge in [-0.2, -0.15) is 41.3 Å². The quantitative estimate of drug-likeness (QED) is 0.607. The van der Waals surface area contributed by atoms with Crippen molar-refractivity contribution in [1.82, 2.24) is 19.9 Å². The zero-order chi connectivity index (χ0) is 24.2. The number of anilines is 3. The van der Waals surface area contributed by atoms with Gasteiger partial charge in [0.05, 0.1) is 5.56 Å². The highest BCUT2D eigenvalue weighted by Gasteiger charge is 2.31. The third-order valence-electron chi connectivity index (χ3n) is 4.70. The normalized spacial score (nSPS) is 15.3. The number of benzene rings is 1. The first-order chi connectivity index (χ1) is 15.4. The number of carbonyl (C=O) groups excluding carboxylic acids is 1. The third kappa shape index (κ3) is 7.36. The molecule has 2 heterocycles. The molecule has 0 unspecified atom stereocenters. The van der Waals surface area contributed by atoms with Gasteiger partial charge in [0.2, 0.25) is 17.8 Å². The first-order valence-electron chi connectivity index (χ1n) is 9.81. The summed E-state index contributed by atoms with van der Waals surface area (Å²) in [4.78, 5) is 24.7. The fraction of sp³-hybridized carbons (Fsp3) is 0.474. The number of amides is 1. The van der Waals surface area contributed by atoms with Crippen LogP contribution in [0, 0.1) is 0 Å². The molecule has 2 N–H and O–H groups in total. The lowest BCUT2D eigenvalue weighted by atomic mass is 10.1. The maximum absolute atomic E-state index is 13.0. The van der Waals surface area contributed by atoms with E-state index in [2.05, 4.69) is 30.3 Å². The van der Waals surface area contributed by atoms with Crippen LogP contribution in [0.3, 0.4) is 0 Å². The lowest BCUT2D eigenvalue weighted by molar-refractivity contribution is -0.154. The van der Waals surface area contributed by atoms with Crippen LogP contribution in [0.5, 0.6) is 6.01 Å². The Balaban J connectivity index is 1.80. The molecule has 3 rings (SSSR count). The Hall–Kier alpha value is -3.32. The molecule has 2 aromatic rings. The molecule has 1 fully saturated rings. The highest BCUT2D eigenvalue weighted by Crippen LogP contribution is 2.31. The predicted octanol–water partition coefficient (Wildman–Crippen LogP) is 4.00. The van der Waals surface area contributed by atoms with E-state index < -0.39 is 30.5 Å². The van der Waals surface area contributed by atoms with E-state index in [9.17, 15) is 31.1 Å². The van der Waals surface area contributed by atoms with Gasteiger partial charge >= 0.3 is 18.4 Å². The monoisotopic (exact) mass is 478 g/mol. The molecule has 0 radical (unpaired) electrons. The minimum absolute atomic E-state index is 0.0292. The van der Waals surface area contributed by atoms with Crippen molar-refractivity contribution in [1.29, 1.82) is 0 Å². The van der Waals surface area contributed by atoms with Gasteiger partial charge in [0.1, 0.15) is 0 Å². The smallest absolute Gasteiger partial charge is 0.422 e. The Bertz CT molecular complexity index is 976. The van der Waals surface area contributed by atoms with Crippen molar-refractivity contribution in [3.63, 3.8) is 0 Å². The Labute approximate surface area is 184 Å². The number of carbonyl (C=O) groups is 1. The predicted molar refractivity (Wildman–Crippen MR) is 105 cm³/mol. The van der Waals surface area contributed by atoms with Crippen molar-refractivity contribution in [3.05, 3.63) is 29.8 Å². The van der Waals surface area contributed by atoms with E-state index in [0.29, 0.717) is 25.9 Å². The molecule has 1 amide bonds. The highest BCUT2D eigenvalue weighted by molar-refractivity contribution is 5.73. The summed E-state index contributed by atoms with van der Waals surface area (Å²) in [7, 11) is 0. The Kier molecular flexibility index (Phi) is 7.12. The largest absolute Gasteiger partial charge is 0.454 e. The van der Waals surface area contributed by atoms with Crippen LogP contribution in [0.4, 0.5) is 43.9 Å². The van der Waals surface area contributed by atoms with Gasteiger partial charge in [-0.1, -0.05) is 6.07 Å². The number of aromatic nitrogens is 3. The van der Waals surface area contributed by atoms with E-state index in [1.54, 1.807) is 4.90 Å². The van der Waals surface area contributed by atoms with Crippen molar-refractivity contribution in [3.8, 4) is 6.01 Å². The zero-order valence-electron chi connectivity index (χ0n) is 17.3. The van der Waals surface area contributed by atoms with E-state index in [0.717, 1.165) is 18.2 Å². The second kappa shape index (κ2) is 9.67. The topological polar surface area (TPSA) is 92.3 Å². The molecule has 1 aliphatic heterocycles. The number of hydrogen-bond acceptors (Lipinski definition) is 7. The minimum atomic E-state index is -4.64. The molecule has 0 bridgehead atoms. The Morgan fingerprint density at radius 3 is 2.36 bits per heavy atom. The van der Waals surface area contributed by atoms with Crippen molar-refractivity contribution in [2.45, 2.75) is 38.2 Å². The van der Waals surface area contributed by atoms with Crippen LogP contribution in [0.1, 0.15) is 25.3 Å². The fourth-order valence-corrected chi connectivity index (χ4v) is 3.11. The lowest BCUT2D eigenvalue weighted by Gasteiger charge is -2.31. The lowest BCUT2D eigenvalue weighted by Crippen LogP contribution is -2.41. The van der Waals surface area contributed by atoms with E-state index in [4.69, 9.17) is 0 Å². The first-order valence-corrected chi connectivity index (χ1v) is 9.81. The summed E-state index contributed by atoms with van der Waals surface area (Å²) in [6, 6.07) is 3.33. The average molecular weight is 478 g/mol. The zero-order valence-corrected chi connectivity index (χ0v) is 17.3. The van der Waals surface area contributed by atoms with Gasteiger partial charge < -0.3 is 20.3 Å². The molecule has 0 aliphatic carbocycles.